The molecule has 6 heteroatoms. The molecule has 1 saturated heterocycles. The van der Waals surface area contributed by atoms with E-state index in [1.807, 2.05) is 18.2 Å². The van der Waals surface area contributed by atoms with Gasteiger partial charge >= 0.3 is 6.03 Å². The molecule has 6 nitrogen and oxygen atoms in total. The largest absolute Gasteiger partial charge is 0.369 e. The zero-order valence-corrected chi connectivity index (χ0v) is 14.7. The van der Waals surface area contributed by atoms with Crippen molar-refractivity contribution >= 4 is 17.6 Å². The molecule has 2 fully saturated rings. The van der Waals surface area contributed by atoms with Crippen LogP contribution in [-0.4, -0.2) is 43.7 Å². The van der Waals surface area contributed by atoms with Crippen molar-refractivity contribution in [2.75, 3.05) is 24.5 Å². The molecule has 1 aromatic rings. The smallest absolute Gasteiger partial charge is 0.315 e. The van der Waals surface area contributed by atoms with E-state index >= 15 is 0 Å². The van der Waals surface area contributed by atoms with Gasteiger partial charge in [-0.25, -0.2) is 4.79 Å². The van der Waals surface area contributed by atoms with E-state index in [1.165, 1.54) is 18.5 Å². The number of amides is 3. The van der Waals surface area contributed by atoms with E-state index in [9.17, 15) is 9.59 Å². The highest BCUT2D eigenvalue weighted by Crippen LogP contribution is 2.19. The predicted octanol–water partition coefficient (Wildman–Crippen LogP) is 2.01. The molecule has 1 aliphatic heterocycles. The fourth-order valence-electron chi connectivity index (χ4n) is 3.65. The zero-order valence-electron chi connectivity index (χ0n) is 14.7. The van der Waals surface area contributed by atoms with Gasteiger partial charge in [-0.15, -0.1) is 0 Å². The molecule has 2 aliphatic rings. The van der Waals surface area contributed by atoms with Crippen molar-refractivity contribution in [1.82, 2.24) is 16.0 Å². The standard InChI is InChI=1S/C19H28N4O2/c24-18(21-15-6-4-5-7-15)10-12-20-19(25)22-16-11-13-23(14-16)17-8-2-1-3-9-17/h1-3,8-9,15-16H,4-7,10-14H2,(H,21,24)(H2,20,22,25)/t16-/m1/s1. The molecule has 3 rings (SSSR count). The molecule has 1 saturated carbocycles. The van der Waals surface area contributed by atoms with E-state index in [-0.39, 0.29) is 18.0 Å². The minimum Gasteiger partial charge on any atom is -0.369 e. The molecule has 3 N–H and O–H groups in total. The number of benzene rings is 1. The van der Waals surface area contributed by atoms with Crippen LogP contribution in [0, 0.1) is 0 Å². The zero-order chi connectivity index (χ0) is 17.5. The normalized spacial score (nSPS) is 20.5. The quantitative estimate of drug-likeness (QED) is 0.739. The maximum Gasteiger partial charge on any atom is 0.315 e. The maximum absolute atomic E-state index is 12.0. The van der Waals surface area contributed by atoms with Gasteiger partial charge in [0.1, 0.15) is 0 Å². The number of anilines is 1. The summed E-state index contributed by atoms with van der Waals surface area (Å²) < 4.78 is 0. The Morgan fingerprint density at radius 1 is 1.00 bits per heavy atom. The van der Waals surface area contributed by atoms with Crippen LogP contribution in [0.5, 0.6) is 0 Å². The Kier molecular flexibility index (Phi) is 6.14. The molecule has 0 aromatic heterocycles. The summed E-state index contributed by atoms with van der Waals surface area (Å²) in [4.78, 5) is 26.1. The minimum absolute atomic E-state index is 0.0309. The monoisotopic (exact) mass is 344 g/mol. The van der Waals surface area contributed by atoms with Crippen molar-refractivity contribution in [3.05, 3.63) is 30.3 Å². The van der Waals surface area contributed by atoms with Crippen molar-refractivity contribution in [1.29, 1.82) is 0 Å². The van der Waals surface area contributed by atoms with E-state index in [1.54, 1.807) is 0 Å². The molecule has 0 unspecified atom stereocenters. The number of rotatable bonds is 6. The highest BCUT2D eigenvalue weighted by Gasteiger charge is 2.24. The first-order chi connectivity index (χ1) is 12.2. The van der Waals surface area contributed by atoms with Gasteiger partial charge in [0.2, 0.25) is 5.91 Å². The van der Waals surface area contributed by atoms with Gasteiger partial charge in [-0.05, 0) is 31.4 Å². The topological polar surface area (TPSA) is 73.5 Å². The average molecular weight is 344 g/mol. The second-order valence-electron chi connectivity index (χ2n) is 6.97. The second kappa shape index (κ2) is 8.74. The Hall–Kier alpha value is -2.24. The van der Waals surface area contributed by atoms with Crippen LogP contribution < -0.4 is 20.9 Å². The van der Waals surface area contributed by atoms with Gasteiger partial charge in [0.25, 0.3) is 0 Å². The number of para-hydroxylation sites is 1. The third kappa shape index (κ3) is 5.37. The molecule has 1 heterocycles. The number of urea groups is 1. The Morgan fingerprint density at radius 3 is 2.52 bits per heavy atom. The molecular formula is C19H28N4O2. The van der Waals surface area contributed by atoms with Crippen LogP contribution in [-0.2, 0) is 4.79 Å². The Morgan fingerprint density at radius 2 is 1.76 bits per heavy atom. The van der Waals surface area contributed by atoms with E-state index in [4.69, 9.17) is 0 Å². The van der Waals surface area contributed by atoms with Crippen molar-refractivity contribution in [2.24, 2.45) is 0 Å². The SMILES string of the molecule is O=C(CCNC(=O)N[C@@H]1CCN(c2ccccc2)C1)NC1CCCC1. The Labute approximate surface area is 149 Å². The van der Waals surface area contributed by atoms with E-state index in [0.29, 0.717) is 19.0 Å². The lowest BCUT2D eigenvalue weighted by molar-refractivity contribution is -0.121. The van der Waals surface area contributed by atoms with E-state index in [2.05, 4.69) is 33.0 Å². The Bertz CT molecular complexity index is 572. The van der Waals surface area contributed by atoms with Crippen LogP contribution in [0.4, 0.5) is 10.5 Å². The summed E-state index contributed by atoms with van der Waals surface area (Å²) >= 11 is 0. The summed E-state index contributed by atoms with van der Waals surface area (Å²) in [6.45, 7) is 2.14. The highest BCUT2D eigenvalue weighted by molar-refractivity contribution is 5.78. The number of nitrogens with zero attached hydrogens (tertiary/aromatic N) is 1. The van der Waals surface area contributed by atoms with E-state index in [0.717, 1.165) is 32.4 Å². The number of carbonyl (C=O) groups excluding carboxylic acids is 2. The summed E-state index contributed by atoms with van der Waals surface area (Å²) in [6, 6.07) is 10.5. The highest BCUT2D eigenvalue weighted by atomic mass is 16.2. The Balaban J connectivity index is 1.31. The van der Waals surface area contributed by atoms with Crippen LogP contribution in [0.1, 0.15) is 38.5 Å². The van der Waals surface area contributed by atoms with Crippen molar-refractivity contribution in [3.8, 4) is 0 Å². The van der Waals surface area contributed by atoms with Crippen LogP contribution in [0.2, 0.25) is 0 Å². The van der Waals surface area contributed by atoms with Gasteiger partial charge in [0, 0.05) is 43.8 Å². The number of hydrogen-bond acceptors (Lipinski definition) is 3. The lowest BCUT2D eigenvalue weighted by Crippen LogP contribution is -2.44. The summed E-state index contributed by atoms with van der Waals surface area (Å²) in [5, 5.41) is 8.82. The molecule has 25 heavy (non-hydrogen) atoms. The molecule has 0 spiro atoms. The van der Waals surface area contributed by atoms with Crippen LogP contribution in [0.25, 0.3) is 0 Å². The summed E-state index contributed by atoms with van der Waals surface area (Å²) in [7, 11) is 0. The van der Waals surface area contributed by atoms with Crippen LogP contribution >= 0.6 is 0 Å². The first kappa shape index (κ1) is 17.6. The molecule has 3 amide bonds. The lowest BCUT2D eigenvalue weighted by Gasteiger charge is -2.19. The van der Waals surface area contributed by atoms with Gasteiger partial charge in [0.05, 0.1) is 0 Å². The van der Waals surface area contributed by atoms with Gasteiger partial charge in [-0.2, -0.15) is 0 Å². The molecule has 1 aliphatic carbocycles. The number of carbonyl (C=O) groups is 2. The van der Waals surface area contributed by atoms with Gasteiger partial charge < -0.3 is 20.9 Å². The van der Waals surface area contributed by atoms with Gasteiger partial charge in [-0.3, -0.25) is 4.79 Å². The third-order valence-electron chi connectivity index (χ3n) is 5.00. The molecule has 1 aromatic carbocycles. The molecule has 0 radical (unpaired) electrons. The summed E-state index contributed by atoms with van der Waals surface area (Å²) in [5.41, 5.74) is 1.19. The van der Waals surface area contributed by atoms with Crippen LogP contribution in [0.15, 0.2) is 30.3 Å². The molecular weight excluding hydrogens is 316 g/mol. The first-order valence-electron chi connectivity index (χ1n) is 9.34. The van der Waals surface area contributed by atoms with Crippen LogP contribution in [0.3, 0.4) is 0 Å². The third-order valence-corrected chi connectivity index (χ3v) is 5.00. The predicted molar refractivity (Wildman–Crippen MR) is 98.6 cm³/mol. The number of nitrogens with one attached hydrogen (secondary N) is 3. The van der Waals surface area contributed by atoms with Crippen molar-refractivity contribution in [2.45, 2.75) is 50.6 Å². The molecule has 1 atom stereocenters. The van der Waals surface area contributed by atoms with Gasteiger partial charge in [0.15, 0.2) is 0 Å². The van der Waals surface area contributed by atoms with Crippen molar-refractivity contribution < 1.29 is 9.59 Å². The van der Waals surface area contributed by atoms with Gasteiger partial charge in [-0.1, -0.05) is 31.0 Å². The maximum atomic E-state index is 12.0. The lowest BCUT2D eigenvalue weighted by atomic mass is 10.2. The fraction of sp³-hybridized carbons (Fsp3) is 0.579. The molecule has 0 bridgehead atoms. The number of hydrogen-bond donors (Lipinski definition) is 3. The first-order valence-corrected chi connectivity index (χ1v) is 9.34. The fourth-order valence-corrected chi connectivity index (χ4v) is 3.65. The summed E-state index contributed by atoms with van der Waals surface area (Å²) in [6.07, 6.45) is 5.84. The average Bonchev–Trinajstić information content (AvgIpc) is 3.27. The summed E-state index contributed by atoms with van der Waals surface area (Å²) in [5.74, 6) is 0.0309. The van der Waals surface area contributed by atoms with Crippen molar-refractivity contribution in [3.63, 3.8) is 0 Å². The minimum atomic E-state index is -0.187. The van der Waals surface area contributed by atoms with E-state index < -0.39 is 0 Å². The second-order valence-corrected chi connectivity index (χ2v) is 6.97. The molecule has 136 valence electrons.